The van der Waals surface area contributed by atoms with Gasteiger partial charge in [-0.2, -0.15) is 0 Å². The zero-order chi connectivity index (χ0) is 18.0. The van der Waals surface area contributed by atoms with Crippen molar-refractivity contribution in [2.24, 2.45) is 0 Å². The van der Waals surface area contributed by atoms with E-state index in [9.17, 15) is 5.11 Å². The van der Waals surface area contributed by atoms with Crippen LogP contribution in [0.3, 0.4) is 0 Å². The lowest BCUT2D eigenvalue weighted by molar-refractivity contribution is -0.0542. The number of thiophene rings is 1. The van der Waals surface area contributed by atoms with Crippen LogP contribution in [-0.4, -0.2) is 39.1 Å². The Morgan fingerprint density at radius 3 is 2.88 bits per heavy atom. The fourth-order valence-electron chi connectivity index (χ4n) is 2.91. The van der Waals surface area contributed by atoms with Crippen molar-refractivity contribution in [1.29, 1.82) is 0 Å². The molecule has 0 amide bonds. The van der Waals surface area contributed by atoms with E-state index in [1.54, 1.807) is 30.0 Å². The van der Waals surface area contributed by atoms with Crippen LogP contribution >= 0.6 is 23.1 Å². The highest BCUT2D eigenvalue weighted by Crippen LogP contribution is 2.42. The van der Waals surface area contributed by atoms with Gasteiger partial charge in [-0.15, -0.1) is 11.3 Å². The van der Waals surface area contributed by atoms with Crippen LogP contribution in [0.5, 0.6) is 0 Å². The first kappa shape index (κ1) is 18.9. The number of aliphatic hydroxyl groups is 1. The Kier molecular flexibility index (Phi) is 5.88. The summed E-state index contributed by atoms with van der Waals surface area (Å²) in [7, 11) is 0. The normalized spacial score (nSPS) is 21.3. The largest absolute Gasteiger partial charge is 0.392 e. The summed E-state index contributed by atoms with van der Waals surface area (Å²) in [5.74, 6) is 1.85. The highest BCUT2D eigenvalue weighted by Gasteiger charge is 2.33. The molecule has 0 saturated carbocycles. The molecule has 1 aliphatic rings. The van der Waals surface area contributed by atoms with Gasteiger partial charge < -0.3 is 15.2 Å². The van der Waals surface area contributed by atoms with Crippen LogP contribution in [0.15, 0.2) is 5.16 Å². The zero-order valence-corrected chi connectivity index (χ0v) is 17.0. The summed E-state index contributed by atoms with van der Waals surface area (Å²) in [5, 5.41) is 14.9. The van der Waals surface area contributed by atoms with E-state index in [1.165, 1.54) is 10.4 Å². The first-order valence-electron chi connectivity index (χ1n) is 8.96. The van der Waals surface area contributed by atoms with Crippen molar-refractivity contribution < 1.29 is 9.84 Å². The fourth-order valence-corrected chi connectivity index (χ4v) is 4.77. The number of aromatic nitrogens is 2. The van der Waals surface area contributed by atoms with E-state index >= 15 is 0 Å². The van der Waals surface area contributed by atoms with Gasteiger partial charge >= 0.3 is 0 Å². The van der Waals surface area contributed by atoms with Gasteiger partial charge in [0.25, 0.3) is 0 Å². The Bertz CT molecular complexity index is 747. The van der Waals surface area contributed by atoms with Crippen molar-refractivity contribution in [2.75, 3.05) is 17.6 Å². The van der Waals surface area contributed by atoms with E-state index in [2.05, 4.69) is 26.1 Å². The van der Waals surface area contributed by atoms with E-state index in [-0.39, 0.29) is 5.60 Å². The lowest BCUT2D eigenvalue weighted by Crippen LogP contribution is -2.34. The van der Waals surface area contributed by atoms with Crippen LogP contribution in [0.4, 0.5) is 5.82 Å². The summed E-state index contributed by atoms with van der Waals surface area (Å²) in [6.45, 7) is 9.41. The highest BCUT2D eigenvalue weighted by atomic mass is 32.2. The van der Waals surface area contributed by atoms with Gasteiger partial charge in [-0.3, -0.25) is 0 Å². The minimum atomic E-state index is -0.421. The minimum Gasteiger partial charge on any atom is -0.392 e. The topological polar surface area (TPSA) is 67.3 Å². The van der Waals surface area contributed by atoms with Gasteiger partial charge in [0.15, 0.2) is 5.16 Å². The van der Waals surface area contributed by atoms with Gasteiger partial charge in [-0.05, 0) is 32.3 Å². The maximum Gasteiger partial charge on any atom is 0.190 e. The van der Waals surface area contributed by atoms with Gasteiger partial charge in [-0.25, -0.2) is 9.97 Å². The molecule has 1 aliphatic heterocycles. The summed E-state index contributed by atoms with van der Waals surface area (Å²) in [4.78, 5) is 11.8. The summed E-state index contributed by atoms with van der Waals surface area (Å²) >= 11 is 3.40. The van der Waals surface area contributed by atoms with Crippen molar-refractivity contribution in [2.45, 2.75) is 70.4 Å². The Morgan fingerprint density at radius 1 is 1.40 bits per heavy atom. The molecule has 3 rings (SSSR count). The molecule has 5 nitrogen and oxygen atoms in total. The van der Waals surface area contributed by atoms with Gasteiger partial charge in [-0.1, -0.05) is 25.6 Å². The Morgan fingerprint density at radius 2 is 2.20 bits per heavy atom. The number of fused-ring (bicyclic) bond motifs is 3. The van der Waals surface area contributed by atoms with Crippen molar-refractivity contribution in [3.8, 4) is 0 Å². The number of hydrogen-bond donors (Lipinski definition) is 2. The Labute approximate surface area is 157 Å². The van der Waals surface area contributed by atoms with Crippen molar-refractivity contribution in [3.05, 3.63) is 10.4 Å². The molecule has 0 spiro atoms. The Hall–Kier alpha value is -0.890. The molecule has 0 radical (unpaired) electrons. The molecule has 0 aromatic carbocycles. The Balaban J connectivity index is 2.06. The third kappa shape index (κ3) is 4.10. The molecule has 25 heavy (non-hydrogen) atoms. The molecular formula is C18H27N3O2S2. The number of hydrogen-bond acceptors (Lipinski definition) is 7. The predicted molar refractivity (Wildman–Crippen MR) is 106 cm³/mol. The molecule has 2 aromatic heterocycles. The van der Waals surface area contributed by atoms with Crippen LogP contribution in [-0.2, 0) is 17.8 Å². The quantitative estimate of drug-likeness (QED) is 0.553. The lowest BCUT2D eigenvalue weighted by atomic mass is 9.90. The summed E-state index contributed by atoms with van der Waals surface area (Å²) in [6, 6.07) is 0. The van der Waals surface area contributed by atoms with Gasteiger partial charge in [0.2, 0.25) is 0 Å². The standard InChI is InChI=1S/C18H27N3O2S2/c1-5-7-24-17-20-15(19-9-11(3)22)14-12-8-18(4,6-2)23-10-13(12)25-16(14)21-17/h11,22H,5-10H2,1-4H3,(H,19,20,21)/t11-,18+/m1/s1. The molecular weight excluding hydrogens is 354 g/mol. The average molecular weight is 382 g/mol. The number of nitrogens with one attached hydrogen (secondary N) is 1. The van der Waals surface area contributed by atoms with Gasteiger partial charge in [0.05, 0.1) is 23.7 Å². The van der Waals surface area contributed by atoms with Crippen LogP contribution in [0.1, 0.15) is 51.0 Å². The third-order valence-electron chi connectivity index (χ3n) is 4.56. The van der Waals surface area contributed by atoms with Crippen LogP contribution in [0.25, 0.3) is 10.2 Å². The summed E-state index contributed by atoms with van der Waals surface area (Å²) in [5.41, 5.74) is 1.19. The molecule has 0 bridgehead atoms. The summed E-state index contributed by atoms with van der Waals surface area (Å²) < 4.78 is 6.10. The van der Waals surface area contributed by atoms with Gasteiger partial charge in [0.1, 0.15) is 10.6 Å². The highest BCUT2D eigenvalue weighted by molar-refractivity contribution is 7.99. The number of rotatable bonds is 7. The van der Waals surface area contributed by atoms with Crippen molar-refractivity contribution >= 4 is 39.1 Å². The van der Waals surface area contributed by atoms with Crippen molar-refractivity contribution in [1.82, 2.24) is 9.97 Å². The molecule has 0 unspecified atom stereocenters. The zero-order valence-electron chi connectivity index (χ0n) is 15.4. The van der Waals surface area contributed by atoms with Crippen LogP contribution in [0.2, 0.25) is 0 Å². The molecule has 3 heterocycles. The molecule has 7 heteroatoms. The second kappa shape index (κ2) is 7.78. The lowest BCUT2D eigenvalue weighted by Gasteiger charge is -2.33. The molecule has 2 atom stereocenters. The second-order valence-corrected chi connectivity index (χ2v) is 9.03. The molecule has 0 saturated heterocycles. The molecule has 138 valence electrons. The molecule has 2 aromatic rings. The minimum absolute atomic E-state index is 0.127. The molecule has 2 N–H and O–H groups in total. The smallest absolute Gasteiger partial charge is 0.190 e. The van der Waals surface area contributed by atoms with E-state index < -0.39 is 6.10 Å². The number of nitrogens with zero attached hydrogens (tertiary/aromatic N) is 2. The van der Waals surface area contributed by atoms with E-state index in [4.69, 9.17) is 14.7 Å². The number of ether oxygens (including phenoxy) is 1. The second-order valence-electron chi connectivity index (χ2n) is 6.89. The van der Waals surface area contributed by atoms with Crippen LogP contribution < -0.4 is 5.32 Å². The monoisotopic (exact) mass is 381 g/mol. The number of aliphatic hydroxyl groups excluding tert-OH is 1. The van der Waals surface area contributed by atoms with Crippen molar-refractivity contribution in [3.63, 3.8) is 0 Å². The first-order chi connectivity index (χ1) is 12.0. The van der Waals surface area contributed by atoms with Crippen LogP contribution in [0, 0.1) is 0 Å². The van der Waals surface area contributed by atoms with E-state index in [0.29, 0.717) is 13.2 Å². The number of thioether (sulfide) groups is 1. The third-order valence-corrected chi connectivity index (χ3v) is 6.72. The molecule has 0 fully saturated rings. The maximum absolute atomic E-state index is 9.68. The van der Waals surface area contributed by atoms with Gasteiger partial charge in [0, 0.05) is 23.6 Å². The fraction of sp³-hybridized carbons (Fsp3) is 0.667. The first-order valence-corrected chi connectivity index (χ1v) is 10.8. The summed E-state index contributed by atoms with van der Waals surface area (Å²) in [6.07, 6.45) is 2.53. The maximum atomic E-state index is 9.68. The SMILES string of the molecule is CCCSc1nc(NC[C@@H](C)O)c2c3c(sc2n1)CO[C@@](C)(CC)C3. The number of anilines is 1. The van der Waals surface area contributed by atoms with E-state index in [0.717, 1.165) is 46.2 Å². The van der Waals surface area contributed by atoms with E-state index in [1.807, 2.05) is 0 Å². The predicted octanol–water partition coefficient (Wildman–Crippen LogP) is 4.23. The average Bonchev–Trinajstić information content (AvgIpc) is 2.95. The molecule has 0 aliphatic carbocycles.